The summed E-state index contributed by atoms with van der Waals surface area (Å²) in [5.74, 6) is -0.732. The second-order valence-corrected chi connectivity index (χ2v) is 4.08. The Morgan fingerprint density at radius 1 is 1.38 bits per heavy atom. The van der Waals surface area contributed by atoms with E-state index in [1.54, 1.807) is 0 Å². The van der Waals surface area contributed by atoms with Gasteiger partial charge in [-0.15, -0.1) is 0 Å². The minimum absolute atomic E-state index is 0.230. The molecule has 0 aliphatic carbocycles. The Balaban J connectivity index is 2.32. The van der Waals surface area contributed by atoms with E-state index in [1.165, 1.54) is 11.1 Å². The molecule has 0 amide bonds. The van der Waals surface area contributed by atoms with E-state index in [1.807, 2.05) is 0 Å². The first-order valence-corrected chi connectivity index (χ1v) is 5.61. The maximum absolute atomic E-state index is 10.3. The van der Waals surface area contributed by atoms with Crippen LogP contribution in [0.25, 0.3) is 0 Å². The Kier molecular flexibility index (Phi) is 4.99. The molecular formula is C13H19NO2. The molecule has 0 heterocycles. The summed E-state index contributed by atoms with van der Waals surface area (Å²) in [6.45, 7) is 4.89. The van der Waals surface area contributed by atoms with Crippen molar-refractivity contribution in [2.45, 2.75) is 32.7 Å². The summed E-state index contributed by atoms with van der Waals surface area (Å²) in [6.07, 6.45) is 0.902. The molecule has 0 radical (unpaired) electrons. The molecule has 1 unspecified atom stereocenters. The van der Waals surface area contributed by atoms with Crippen molar-refractivity contribution >= 4 is 5.97 Å². The number of hydrogen-bond acceptors (Lipinski definition) is 2. The SMILES string of the molecule is Cc1ccc(C(C)NCCCC(=O)O)cc1. The molecule has 3 heteroatoms. The van der Waals surface area contributed by atoms with Gasteiger partial charge in [-0.25, -0.2) is 0 Å². The van der Waals surface area contributed by atoms with Crippen LogP contribution in [-0.4, -0.2) is 17.6 Å². The molecule has 1 aromatic rings. The lowest BCUT2D eigenvalue weighted by molar-refractivity contribution is -0.137. The fourth-order valence-corrected chi connectivity index (χ4v) is 1.53. The number of hydrogen-bond donors (Lipinski definition) is 2. The van der Waals surface area contributed by atoms with Crippen LogP contribution in [0.4, 0.5) is 0 Å². The van der Waals surface area contributed by atoms with Crippen LogP contribution in [0.15, 0.2) is 24.3 Å². The second kappa shape index (κ2) is 6.28. The van der Waals surface area contributed by atoms with Crippen molar-refractivity contribution in [2.24, 2.45) is 0 Å². The summed E-state index contributed by atoms with van der Waals surface area (Å²) in [5.41, 5.74) is 2.49. The van der Waals surface area contributed by atoms with E-state index in [2.05, 4.69) is 43.4 Å². The highest BCUT2D eigenvalue weighted by Gasteiger charge is 2.04. The second-order valence-electron chi connectivity index (χ2n) is 4.08. The summed E-state index contributed by atoms with van der Waals surface area (Å²) in [5, 5.41) is 11.8. The first kappa shape index (κ1) is 12.7. The zero-order chi connectivity index (χ0) is 12.0. The number of carbonyl (C=O) groups is 1. The predicted octanol–water partition coefficient (Wildman–Crippen LogP) is 2.51. The summed E-state index contributed by atoms with van der Waals surface area (Å²) in [6, 6.07) is 8.65. The summed E-state index contributed by atoms with van der Waals surface area (Å²) >= 11 is 0. The van der Waals surface area contributed by atoms with E-state index in [4.69, 9.17) is 5.11 Å². The fraction of sp³-hybridized carbons (Fsp3) is 0.462. The molecule has 88 valence electrons. The van der Waals surface area contributed by atoms with E-state index < -0.39 is 5.97 Å². The molecule has 0 aliphatic heterocycles. The van der Waals surface area contributed by atoms with E-state index in [9.17, 15) is 4.79 Å². The van der Waals surface area contributed by atoms with Crippen LogP contribution >= 0.6 is 0 Å². The van der Waals surface area contributed by atoms with Gasteiger partial charge in [0.15, 0.2) is 0 Å². The van der Waals surface area contributed by atoms with Gasteiger partial charge in [0.05, 0.1) is 0 Å². The van der Waals surface area contributed by atoms with E-state index in [0.717, 1.165) is 6.54 Å². The number of aliphatic carboxylic acids is 1. The zero-order valence-corrected chi connectivity index (χ0v) is 9.86. The molecule has 0 saturated heterocycles. The molecule has 0 aliphatic rings. The molecule has 3 nitrogen and oxygen atoms in total. The van der Waals surface area contributed by atoms with Crippen molar-refractivity contribution < 1.29 is 9.90 Å². The van der Waals surface area contributed by atoms with Gasteiger partial charge in [0.25, 0.3) is 0 Å². The van der Waals surface area contributed by atoms with Gasteiger partial charge in [-0.05, 0) is 32.4 Å². The van der Waals surface area contributed by atoms with Crippen molar-refractivity contribution in [3.8, 4) is 0 Å². The smallest absolute Gasteiger partial charge is 0.303 e. The first-order valence-electron chi connectivity index (χ1n) is 5.61. The van der Waals surface area contributed by atoms with Crippen molar-refractivity contribution in [2.75, 3.05) is 6.54 Å². The van der Waals surface area contributed by atoms with Crippen molar-refractivity contribution in [3.63, 3.8) is 0 Å². The molecular weight excluding hydrogens is 202 g/mol. The maximum Gasteiger partial charge on any atom is 0.303 e. The average Bonchev–Trinajstić information content (AvgIpc) is 2.25. The Bertz CT molecular complexity index is 332. The van der Waals surface area contributed by atoms with Crippen molar-refractivity contribution in [3.05, 3.63) is 35.4 Å². The van der Waals surface area contributed by atoms with Crippen LogP contribution in [0.5, 0.6) is 0 Å². The van der Waals surface area contributed by atoms with Gasteiger partial charge in [-0.3, -0.25) is 4.79 Å². The van der Waals surface area contributed by atoms with Crippen LogP contribution in [0.1, 0.15) is 36.9 Å². The monoisotopic (exact) mass is 221 g/mol. The highest BCUT2D eigenvalue weighted by Crippen LogP contribution is 2.12. The number of aryl methyl sites for hydroxylation is 1. The molecule has 0 bridgehead atoms. The van der Waals surface area contributed by atoms with Gasteiger partial charge < -0.3 is 10.4 Å². The standard InChI is InChI=1S/C13H19NO2/c1-10-5-7-12(8-6-10)11(2)14-9-3-4-13(15)16/h5-8,11,14H,3-4,9H2,1-2H3,(H,15,16). The third kappa shape index (κ3) is 4.45. The summed E-state index contributed by atoms with van der Waals surface area (Å²) in [4.78, 5) is 10.3. The first-order chi connectivity index (χ1) is 7.59. The molecule has 0 aromatic heterocycles. The minimum Gasteiger partial charge on any atom is -0.481 e. The fourth-order valence-electron chi connectivity index (χ4n) is 1.53. The molecule has 16 heavy (non-hydrogen) atoms. The van der Waals surface area contributed by atoms with Gasteiger partial charge in [0, 0.05) is 12.5 Å². The Morgan fingerprint density at radius 2 is 2.00 bits per heavy atom. The topological polar surface area (TPSA) is 49.3 Å². The lowest BCUT2D eigenvalue weighted by Gasteiger charge is -2.13. The highest BCUT2D eigenvalue weighted by molar-refractivity contribution is 5.66. The van der Waals surface area contributed by atoms with E-state index in [-0.39, 0.29) is 12.5 Å². The quantitative estimate of drug-likeness (QED) is 0.726. The summed E-state index contributed by atoms with van der Waals surface area (Å²) < 4.78 is 0. The number of carboxylic acid groups (broad SMARTS) is 1. The van der Waals surface area contributed by atoms with Gasteiger partial charge in [0.2, 0.25) is 0 Å². The number of rotatable bonds is 6. The minimum atomic E-state index is -0.732. The third-order valence-electron chi connectivity index (χ3n) is 2.60. The predicted molar refractivity (Wildman–Crippen MR) is 64.5 cm³/mol. The van der Waals surface area contributed by atoms with Crippen molar-refractivity contribution in [1.29, 1.82) is 0 Å². The van der Waals surface area contributed by atoms with Crippen LogP contribution in [0.2, 0.25) is 0 Å². The van der Waals surface area contributed by atoms with Gasteiger partial charge in [-0.1, -0.05) is 29.8 Å². The Morgan fingerprint density at radius 3 is 2.56 bits per heavy atom. The Labute approximate surface area is 96.5 Å². The molecule has 0 spiro atoms. The van der Waals surface area contributed by atoms with Crippen LogP contribution < -0.4 is 5.32 Å². The number of carboxylic acids is 1. The lowest BCUT2D eigenvalue weighted by atomic mass is 10.1. The Hall–Kier alpha value is -1.35. The molecule has 0 saturated carbocycles. The maximum atomic E-state index is 10.3. The molecule has 0 fully saturated rings. The average molecular weight is 221 g/mol. The zero-order valence-electron chi connectivity index (χ0n) is 9.86. The molecule has 1 aromatic carbocycles. The van der Waals surface area contributed by atoms with Gasteiger partial charge >= 0.3 is 5.97 Å². The van der Waals surface area contributed by atoms with Gasteiger partial charge in [0.1, 0.15) is 0 Å². The van der Waals surface area contributed by atoms with E-state index in [0.29, 0.717) is 6.42 Å². The van der Waals surface area contributed by atoms with Crippen LogP contribution in [0.3, 0.4) is 0 Å². The number of nitrogens with one attached hydrogen (secondary N) is 1. The van der Waals surface area contributed by atoms with Crippen LogP contribution in [-0.2, 0) is 4.79 Å². The molecule has 1 rings (SSSR count). The van der Waals surface area contributed by atoms with Gasteiger partial charge in [-0.2, -0.15) is 0 Å². The van der Waals surface area contributed by atoms with E-state index >= 15 is 0 Å². The van der Waals surface area contributed by atoms with Crippen LogP contribution in [0, 0.1) is 6.92 Å². The third-order valence-corrected chi connectivity index (χ3v) is 2.60. The normalized spacial score (nSPS) is 12.4. The summed E-state index contributed by atoms with van der Waals surface area (Å²) in [7, 11) is 0. The highest BCUT2D eigenvalue weighted by atomic mass is 16.4. The lowest BCUT2D eigenvalue weighted by Crippen LogP contribution is -2.20. The molecule has 2 N–H and O–H groups in total. The number of benzene rings is 1. The van der Waals surface area contributed by atoms with Crippen molar-refractivity contribution in [1.82, 2.24) is 5.32 Å². The molecule has 1 atom stereocenters. The largest absolute Gasteiger partial charge is 0.481 e.